The van der Waals surface area contributed by atoms with Gasteiger partial charge in [0, 0.05) is 31.3 Å². The lowest BCUT2D eigenvalue weighted by atomic mass is 9.79. The second kappa shape index (κ2) is 6.48. The molecule has 6 nitrogen and oxygen atoms in total. The third-order valence-corrected chi connectivity index (χ3v) is 5.74. The van der Waals surface area contributed by atoms with Gasteiger partial charge in [-0.05, 0) is 29.6 Å². The van der Waals surface area contributed by atoms with Crippen LogP contribution in [0.5, 0.6) is 0 Å². The molecule has 1 amide bonds. The SMILES string of the molecule is CC1CC(C2N=CC=C2C2=CC3CNC(C(=O)NN)N3C2)C=CC1F. The van der Waals surface area contributed by atoms with Crippen molar-refractivity contribution in [2.75, 3.05) is 13.1 Å². The molecular formula is C18H24FN5O. The lowest BCUT2D eigenvalue weighted by Crippen LogP contribution is -2.51. The normalized spacial score (nSPS) is 40.1. The molecule has 0 spiro atoms. The van der Waals surface area contributed by atoms with E-state index in [9.17, 15) is 9.18 Å². The van der Waals surface area contributed by atoms with Gasteiger partial charge in [-0.1, -0.05) is 25.2 Å². The number of alkyl halides is 1. The molecule has 7 heteroatoms. The maximum atomic E-state index is 13.7. The number of aliphatic imine (C=N–C) groups is 1. The van der Waals surface area contributed by atoms with Crippen molar-refractivity contribution in [1.29, 1.82) is 0 Å². The number of hydrogen-bond donors (Lipinski definition) is 3. The molecule has 4 aliphatic rings. The van der Waals surface area contributed by atoms with Crippen molar-refractivity contribution in [3.8, 4) is 0 Å². The van der Waals surface area contributed by atoms with Crippen molar-refractivity contribution < 1.29 is 9.18 Å². The number of hydrazine groups is 1. The summed E-state index contributed by atoms with van der Waals surface area (Å²) < 4.78 is 13.7. The molecule has 0 saturated carbocycles. The van der Waals surface area contributed by atoms with Crippen LogP contribution in [0.3, 0.4) is 0 Å². The van der Waals surface area contributed by atoms with Crippen LogP contribution in [0.25, 0.3) is 0 Å². The minimum absolute atomic E-state index is 0.0227. The van der Waals surface area contributed by atoms with Crippen LogP contribution >= 0.6 is 0 Å². The lowest BCUT2D eigenvalue weighted by molar-refractivity contribution is -0.126. The van der Waals surface area contributed by atoms with Gasteiger partial charge in [-0.25, -0.2) is 10.2 Å². The molecule has 0 aromatic rings. The second-order valence-corrected chi connectivity index (χ2v) is 7.32. The molecule has 0 bridgehead atoms. The molecule has 1 aliphatic carbocycles. The van der Waals surface area contributed by atoms with E-state index < -0.39 is 12.3 Å². The smallest absolute Gasteiger partial charge is 0.266 e. The van der Waals surface area contributed by atoms with Crippen LogP contribution in [-0.4, -0.2) is 54.5 Å². The van der Waals surface area contributed by atoms with Crippen molar-refractivity contribution >= 4 is 12.1 Å². The van der Waals surface area contributed by atoms with Crippen molar-refractivity contribution in [3.05, 3.63) is 35.5 Å². The molecule has 1 fully saturated rings. The van der Waals surface area contributed by atoms with Gasteiger partial charge in [0.15, 0.2) is 0 Å². The summed E-state index contributed by atoms with van der Waals surface area (Å²) in [6.07, 6.45) is 9.34. The van der Waals surface area contributed by atoms with Crippen LogP contribution in [0.4, 0.5) is 4.39 Å². The lowest BCUT2D eigenvalue weighted by Gasteiger charge is -2.29. The van der Waals surface area contributed by atoms with Crippen LogP contribution in [-0.2, 0) is 4.79 Å². The highest BCUT2D eigenvalue weighted by Crippen LogP contribution is 2.37. The number of nitrogens with one attached hydrogen (secondary N) is 2. The Bertz CT molecular complexity index is 685. The third kappa shape index (κ3) is 2.86. The van der Waals surface area contributed by atoms with Crippen LogP contribution in [0.1, 0.15) is 13.3 Å². The molecule has 6 unspecified atom stereocenters. The number of amides is 1. The monoisotopic (exact) mass is 345 g/mol. The number of carbonyl (C=O) groups excluding carboxylic acids is 1. The van der Waals surface area contributed by atoms with E-state index >= 15 is 0 Å². The second-order valence-electron chi connectivity index (χ2n) is 7.32. The van der Waals surface area contributed by atoms with E-state index in [1.165, 1.54) is 11.1 Å². The van der Waals surface area contributed by atoms with Gasteiger partial charge in [-0.2, -0.15) is 0 Å². The van der Waals surface area contributed by atoms with E-state index in [2.05, 4.69) is 32.8 Å². The van der Waals surface area contributed by atoms with Gasteiger partial charge >= 0.3 is 0 Å². The first-order valence-electron chi connectivity index (χ1n) is 8.85. The average molecular weight is 345 g/mol. The minimum atomic E-state index is -0.855. The van der Waals surface area contributed by atoms with Crippen molar-refractivity contribution in [2.24, 2.45) is 22.7 Å². The molecule has 1 saturated heterocycles. The van der Waals surface area contributed by atoms with Gasteiger partial charge in [0.05, 0.1) is 6.04 Å². The Morgan fingerprint density at radius 3 is 3.08 bits per heavy atom. The molecule has 134 valence electrons. The first kappa shape index (κ1) is 16.6. The summed E-state index contributed by atoms with van der Waals surface area (Å²) in [5.74, 6) is 5.31. The summed E-state index contributed by atoms with van der Waals surface area (Å²) in [6.45, 7) is 3.37. The van der Waals surface area contributed by atoms with E-state index in [1.807, 2.05) is 19.2 Å². The molecule has 4 N–H and O–H groups in total. The average Bonchev–Trinajstić information content (AvgIpc) is 3.30. The molecule has 0 radical (unpaired) electrons. The Balaban J connectivity index is 1.50. The van der Waals surface area contributed by atoms with Gasteiger partial charge in [0.1, 0.15) is 12.3 Å². The number of allylic oxidation sites excluding steroid dienone is 2. The quantitative estimate of drug-likeness (QED) is 0.300. The number of fused-ring (bicyclic) bond motifs is 1. The van der Waals surface area contributed by atoms with Crippen molar-refractivity contribution in [1.82, 2.24) is 15.6 Å². The Labute approximate surface area is 146 Å². The Hall–Kier alpha value is -1.83. The van der Waals surface area contributed by atoms with Crippen molar-refractivity contribution in [3.63, 3.8) is 0 Å². The fourth-order valence-electron chi connectivity index (χ4n) is 4.36. The summed E-state index contributed by atoms with van der Waals surface area (Å²) in [5, 5.41) is 3.19. The third-order valence-electron chi connectivity index (χ3n) is 5.74. The van der Waals surface area contributed by atoms with E-state index in [4.69, 9.17) is 5.84 Å². The summed E-state index contributed by atoms with van der Waals surface area (Å²) in [5.41, 5.74) is 4.63. The minimum Gasteiger partial charge on any atom is -0.292 e. The number of hydrogen-bond acceptors (Lipinski definition) is 5. The zero-order valence-corrected chi connectivity index (χ0v) is 14.2. The Morgan fingerprint density at radius 1 is 1.48 bits per heavy atom. The summed E-state index contributed by atoms with van der Waals surface area (Å²) in [4.78, 5) is 18.7. The number of rotatable bonds is 3. The molecular weight excluding hydrogens is 321 g/mol. The Kier molecular flexibility index (Phi) is 4.31. The largest absolute Gasteiger partial charge is 0.292 e. The topological polar surface area (TPSA) is 82.8 Å². The highest BCUT2D eigenvalue weighted by Gasteiger charge is 2.42. The predicted octanol–water partition coefficient (Wildman–Crippen LogP) is 0.446. The van der Waals surface area contributed by atoms with Crippen LogP contribution < -0.4 is 16.6 Å². The summed E-state index contributed by atoms with van der Waals surface area (Å²) in [7, 11) is 0. The molecule has 0 aromatic heterocycles. The molecule has 3 aliphatic heterocycles. The van der Waals surface area contributed by atoms with Gasteiger partial charge in [-0.15, -0.1) is 0 Å². The number of nitrogens with zero attached hydrogens (tertiary/aromatic N) is 2. The Morgan fingerprint density at radius 2 is 2.32 bits per heavy atom. The fraction of sp³-hybridized carbons (Fsp3) is 0.556. The summed E-state index contributed by atoms with van der Waals surface area (Å²) in [6, 6.07) is 0.239. The summed E-state index contributed by atoms with van der Waals surface area (Å²) >= 11 is 0. The number of halogens is 1. The molecule has 6 atom stereocenters. The van der Waals surface area contributed by atoms with E-state index in [1.54, 1.807) is 6.08 Å². The van der Waals surface area contributed by atoms with Crippen LogP contribution in [0.2, 0.25) is 0 Å². The highest BCUT2D eigenvalue weighted by atomic mass is 19.1. The van der Waals surface area contributed by atoms with E-state index in [-0.39, 0.29) is 29.8 Å². The number of carbonyl (C=O) groups is 1. The van der Waals surface area contributed by atoms with Crippen LogP contribution in [0, 0.1) is 11.8 Å². The zero-order chi connectivity index (χ0) is 17.6. The van der Waals surface area contributed by atoms with Crippen molar-refractivity contribution in [2.45, 2.75) is 37.8 Å². The highest BCUT2D eigenvalue weighted by molar-refractivity contribution is 5.82. The standard InChI is InChI=1S/C18H24FN5O/c1-10-6-11(2-3-15(10)19)16-14(4-5-21-16)12-7-13-8-22-17(18(25)23-20)24(13)9-12/h2-5,7,10-11,13,15-17,22H,6,8-9,20H2,1H3,(H,23,25). The van der Waals surface area contributed by atoms with Gasteiger partial charge in [0.25, 0.3) is 5.91 Å². The van der Waals surface area contributed by atoms with Gasteiger partial charge in [-0.3, -0.25) is 25.4 Å². The molecule has 4 rings (SSSR count). The predicted molar refractivity (Wildman–Crippen MR) is 94.4 cm³/mol. The number of nitrogens with two attached hydrogens (primary N) is 1. The van der Waals surface area contributed by atoms with Crippen LogP contribution in [0.15, 0.2) is 40.4 Å². The van der Waals surface area contributed by atoms with Gasteiger partial charge in [0.2, 0.25) is 0 Å². The first-order chi connectivity index (χ1) is 12.1. The van der Waals surface area contributed by atoms with E-state index in [0.29, 0.717) is 6.54 Å². The zero-order valence-electron chi connectivity index (χ0n) is 14.2. The molecule has 3 heterocycles. The first-order valence-corrected chi connectivity index (χ1v) is 8.85. The van der Waals surface area contributed by atoms with E-state index in [0.717, 1.165) is 13.0 Å². The maximum Gasteiger partial charge on any atom is 0.266 e. The molecule has 0 aromatic carbocycles. The maximum absolute atomic E-state index is 13.7. The fourth-order valence-corrected chi connectivity index (χ4v) is 4.36. The van der Waals surface area contributed by atoms with Gasteiger partial charge < -0.3 is 0 Å². The molecule has 25 heavy (non-hydrogen) atoms.